The van der Waals surface area contributed by atoms with Gasteiger partial charge in [-0.15, -0.1) is 0 Å². The molecule has 3 rings (SSSR count). The summed E-state index contributed by atoms with van der Waals surface area (Å²) in [6, 6.07) is 14.9. The first-order chi connectivity index (χ1) is 15.0. The van der Waals surface area contributed by atoms with Gasteiger partial charge in [-0.1, -0.05) is 79.4 Å². The van der Waals surface area contributed by atoms with Gasteiger partial charge in [0.25, 0.3) is 0 Å². The molecule has 0 saturated heterocycles. The zero-order valence-electron chi connectivity index (χ0n) is 17.9. The molecule has 1 N–H and O–H groups in total. The molecule has 1 fully saturated rings. The Morgan fingerprint density at radius 1 is 1.10 bits per heavy atom. The Labute approximate surface area is 194 Å². The highest BCUT2D eigenvalue weighted by Crippen LogP contribution is 2.23. The molecule has 0 aromatic heterocycles. The quantitative estimate of drug-likeness (QED) is 0.540. The van der Waals surface area contributed by atoms with Gasteiger partial charge in [0.05, 0.1) is 6.42 Å². The van der Waals surface area contributed by atoms with Crippen LogP contribution in [-0.4, -0.2) is 35.3 Å². The van der Waals surface area contributed by atoms with Crippen LogP contribution in [0.15, 0.2) is 48.5 Å². The van der Waals surface area contributed by atoms with E-state index in [0.29, 0.717) is 35.0 Å². The lowest BCUT2D eigenvalue weighted by atomic mass is 10.1. The van der Waals surface area contributed by atoms with Crippen LogP contribution in [-0.2, 0) is 22.4 Å². The van der Waals surface area contributed by atoms with E-state index in [4.69, 9.17) is 23.2 Å². The lowest BCUT2D eigenvalue weighted by Gasteiger charge is -2.31. The van der Waals surface area contributed by atoms with E-state index >= 15 is 0 Å². The van der Waals surface area contributed by atoms with Crippen LogP contribution in [0.1, 0.15) is 50.2 Å². The molecule has 0 heterocycles. The molecule has 0 aliphatic heterocycles. The molecule has 0 unspecified atom stereocenters. The second-order valence-corrected chi connectivity index (χ2v) is 8.99. The summed E-state index contributed by atoms with van der Waals surface area (Å²) in [6.07, 6.45) is 5.71. The predicted molar refractivity (Wildman–Crippen MR) is 127 cm³/mol. The summed E-state index contributed by atoms with van der Waals surface area (Å²) in [5.74, 6) is -0.161. The number of rotatable bonds is 9. The molecule has 166 valence electrons. The van der Waals surface area contributed by atoms with Crippen LogP contribution in [0.5, 0.6) is 0 Å². The van der Waals surface area contributed by atoms with Crippen LogP contribution in [0.4, 0.5) is 0 Å². The van der Waals surface area contributed by atoms with Crippen molar-refractivity contribution in [3.05, 3.63) is 69.7 Å². The van der Waals surface area contributed by atoms with Gasteiger partial charge in [0.2, 0.25) is 11.8 Å². The molecule has 1 aliphatic carbocycles. The normalized spacial score (nSPS) is 14.9. The first-order valence-electron chi connectivity index (χ1n) is 11.1. The highest BCUT2D eigenvalue weighted by Gasteiger charge is 2.30. The Kier molecular flexibility index (Phi) is 8.79. The van der Waals surface area contributed by atoms with E-state index in [9.17, 15) is 9.59 Å². The maximum absolute atomic E-state index is 13.4. The summed E-state index contributed by atoms with van der Waals surface area (Å²) in [4.78, 5) is 28.2. The summed E-state index contributed by atoms with van der Waals surface area (Å²) < 4.78 is 0. The van der Waals surface area contributed by atoms with E-state index in [2.05, 4.69) is 5.32 Å². The van der Waals surface area contributed by atoms with Gasteiger partial charge < -0.3 is 10.2 Å². The minimum Gasteiger partial charge on any atom is -0.352 e. The van der Waals surface area contributed by atoms with Gasteiger partial charge in [-0.3, -0.25) is 9.59 Å². The number of nitrogens with zero attached hydrogens (tertiary/aromatic N) is 1. The number of halogens is 2. The van der Waals surface area contributed by atoms with E-state index in [1.54, 1.807) is 23.1 Å². The van der Waals surface area contributed by atoms with Crippen LogP contribution < -0.4 is 5.32 Å². The van der Waals surface area contributed by atoms with Crippen molar-refractivity contribution in [3.8, 4) is 0 Å². The number of amides is 2. The number of carbonyl (C=O) groups is 2. The van der Waals surface area contributed by atoms with Gasteiger partial charge >= 0.3 is 0 Å². The Balaban J connectivity index is 1.77. The third-order valence-corrected chi connectivity index (χ3v) is 6.52. The van der Waals surface area contributed by atoms with Crippen molar-refractivity contribution in [3.63, 3.8) is 0 Å². The third-order valence-electron chi connectivity index (χ3n) is 5.93. The molecule has 0 radical (unpaired) electrons. The largest absolute Gasteiger partial charge is 0.352 e. The fourth-order valence-electron chi connectivity index (χ4n) is 4.19. The molecular weight excluding hydrogens is 431 g/mol. The lowest BCUT2D eigenvalue weighted by molar-refractivity contribution is -0.140. The third kappa shape index (κ3) is 6.72. The molecule has 0 spiro atoms. The van der Waals surface area contributed by atoms with Gasteiger partial charge in [-0.05, 0) is 48.9 Å². The monoisotopic (exact) mass is 460 g/mol. The SMILES string of the molecule is CC[C@H](C(=O)NC1CCCC1)N(CCc1ccccc1)C(=O)Cc1ccc(Cl)cc1Cl. The zero-order chi connectivity index (χ0) is 22.2. The maximum atomic E-state index is 13.4. The number of hydrogen-bond acceptors (Lipinski definition) is 2. The summed E-state index contributed by atoms with van der Waals surface area (Å²) in [7, 11) is 0. The molecule has 2 amide bonds. The molecule has 2 aromatic carbocycles. The Morgan fingerprint density at radius 2 is 1.81 bits per heavy atom. The first kappa shape index (κ1) is 23.6. The smallest absolute Gasteiger partial charge is 0.243 e. The van der Waals surface area contributed by atoms with Crippen LogP contribution in [0.25, 0.3) is 0 Å². The standard InChI is InChI=1S/C25H30Cl2N2O2/c1-2-23(25(31)28-21-10-6-7-11-21)29(15-14-18-8-4-3-5-9-18)24(30)16-19-12-13-20(26)17-22(19)27/h3-5,8-9,12-13,17,21,23H,2,6-7,10-11,14-16H2,1H3,(H,28,31)/t23-/m1/s1. The van der Waals surface area contributed by atoms with E-state index in [0.717, 1.165) is 31.2 Å². The average molecular weight is 461 g/mol. The average Bonchev–Trinajstić information content (AvgIpc) is 3.26. The van der Waals surface area contributed by atoms with Gasteiger partial charge in [0.15, 0.2) is 0 Å². The molecule has 1 atom stereocenters. The van der Waals surface area contributed by atoms with E-state index < -0.39 is 6.04 Å². The van der Waals surface area contributed by atoms with Crippen molar-refractivity contribution >= 4 is 35.0 Å². The van der Waals surface area contributed by atoms with Crippen LogP contribution >= 0.6 is 23.2 Å². The van der Waals surface area contributed by atoms with E-state index in [1.807, 2.05) is 37.3 Å². The van der Waals surface area contributed by atoms with Crippen LogP contribution in [0, 0.1) is 0 Å². The number of hydrogen-bond donors (Lipinski definition) is 1. The van der Waals surface area contributed by atoms with Crippen LogP contribution in [0.2, 0.25) is 10.0 Å². The van der Waals surface area contributed by atoms with Crippen LogP contribution in [0.3, 0.4) is 0 Å². The molecule has 4 nitrogen and oxygen atoms in total. The van der Waals surface area contributed by atoms with Crippen molar-refractivity contribution in [2.24, 2.45) is 0 Å². The fraction of sp³-hybridized carbons (Fsp3) is 0.440. The maximum Gasteiger partial charge on any atom is 0.243 e. The van der Waals surface area contributed by atoms with Gasteiger partial charge in [-0.25, -0.2) is 0 Å². The highest BCUT2D eigenvalue weighted by molar-refractivity contribution is 6.35. The number of carbonyl (C=O) groups excluding carboxylic acids is 2. The van der Waals surface area contributed by atoms with Gasteiger partial charge in [0, 0.05) is 22.6 Å². The zero-order valence-corrected chi connectivity index (χ0v) is 19.5. The number of nitrogens with one attached hydrogen (secondary N) is 1. The topological polar surface area (TPSA) is 49.4 Å². The molecule has 6 heteroatoms. The fourth-order valence-corrected chi connectivity index (χ4v) is 4.67. The number of benzene rings is 2. The van der Waals surface area contributed by atoms with Crippen molar-refractivity contribution in [2.75, 3.05) is 6.54 Å². The van der Waals surface area contributed by atoms with Crippen molar-refractivity contribution in [2.45, 2.75) is 64.0 Å². The van der Waals surface area contributed by atoms with Crippen molar-refractivity contribution in [1.82, 2.24) is 10.2 Å². The summed E-state index contributed by atoms with van der Waals surface area (Å²) in [5.41, 5.74) is 1.85. The van der Waals surface area contributed by atoms with Crippen molar-refractivity contribution < 1.29 is 9.59 Å². The molecule has 2 aromatic rings. The molecular formula is C25H30Cl2N2O2. The highest BCUT2D eigenvalue weighted by atomic mass is 35.5. The minimum atomic E-state index is -0.497. The summed E-state index contributed by atoms with van der Waals surface area (Å²) in [5, 5.41) is 4.17. The van der Waals surface area contributed by atoms with Crippen molar-refractivity contribution in [1.29, 1.82) is 0 Å². The Bertz CT molecular complexity index is 882. The lowest BCUT2D eigenvalue weighted by Crippen LogP contribution is -2.52. The predicted octanol–water partition coefficient (Wildman–Crippen LogP) is 5.44. The van der Waals surface area contributed by atoms with Gasteiger partial charge in [0.1, 0.15) is 6.04 Å². The molecule has 0 bridgehead atoms. The van der Waals surface area contributed by atoms with E-state index in [1.165, 1.54) is 0 Å². The molecule has 31 heavy (non-hydrogen) atoms. The Morgan fingerprint density at radius 3 is 2.45 bits per heavy atom. The minimum absolute atomic E-state index is 0.0574. The summed E-state index contributed by atoms with van der Waals surface area (Å²) >= 11 is 12.3. The van der Waals surface area contributed by atoms with E-state index in [-0.39, 0.29) is 24.3 Å². The molecule has 1 aliphatic rings. The summed E-state index contributed by atoms with van der Waals surface area (Å²) in [6.45, 7) is 2.43. The second-order valence-electron chi connectivity index (χ2n) is 8.15. The first-order valence-corrected chi connectivity index (χ1v) is 11.8. The van der Waals surface area contributed by atoms with Gasteiger partial charge in [-0.2, -0.15) is 0 Å². The second kappa shape index (κ2) is 11.5. The Hall–Kier alpha value is -2.04. The molecule has 1 saturated carbocycles.